The Morgan fingerprint density at radius 2 is 1.88 bits per heavy atom. The highest BCUT2D eigenvalue weighted by Crippen LogP contribution is 2.11. The molecule has 0 aliphatic carbocycles. The number of carbonyl (C=O) groups is 1. The van der Waals surface area contributed by atoms with Gasteiger partial charge in [0, 0.05) is 44.1 Å². The van der Waals surface area contributed by atoms with Crippen molar-refractivity contribution in [2.45, 2.75) is 13.0 Å². The van der Waals surface area contributed by atoms with Gasteiger partial charge in [-0.3, -0.25) is 19.7 Å². The lowest BCUT2D eigenvalue weighted by Crippen LogP contribution is -2.29. The van der Waals surface area contributed by atoms with Crippen molar-refractivity contribution in [2.75, 3.05) is 18.9 Å². The summed E-state index contributed by atoms with van der Waals surface area (Å²) in [5, 5.41) is 3.27. The quantitative estimate of drug-likeness (QED) is 0.712. The third-order valence-corrected chi connectivity index (χ3v) is 4.01. The predicted molar refractivity (Wildman–Crippen MR) is 101 cm³/mol. The summed E-state index contributed by atoms with van der Waals surface area (Å²) in [7, 11) is 1.79. The molecule has 1 amide bonds. The molecule has 3 aromatic rings. The molecule has 1 N–H and O–H groups in total. The molecule has 0 aromatic carbocycles. The molecule has 0 fully saturated rings. The molecule has 26 heavy (non-hydrogen) atoms. The summed E-state index contributed by atoms with van der Waals surface area (Å²) in [6, 6.07) is 13.3. The number of hydrogen-bond donors (Lipinski definition) is 1. The molecule has 0 aliphatic heterocycles. The first kappa shape index (κ1) is 17.5. The Labute approximate surface area is 153 Å². The molecule has 0 aliphatic rings. The zero-order valence-electron chi connectivity index (χ0n) is 14.7. The summed E-state index contributed by atoms with van der Waals surface area (Å²) in [5.74, 6) is -0.0967. The maximum Gasteiger partial charge on any atom is 0.272 e. The SMILES string of the molecule is CN(CCc1ccncc1)C(=O)c1cc(NCc2ccccn2)ccn1. The van der Waals surface area contributed by atoms with Crippen LogP contribution in [0.2, 0.25) is 0 Å². The van der Waals surface area contributed by atoms with Gasteiger partial charge < -0.3 is 10.2 Å². The van der Waals surface area contributed by atoms with Crippen LogP contribution in [0.5, 0.6) is 0 Å². The van der Waals surface area contributed by atoms with Gasteiger partial charge in [-0.1, -0.05) is 6.07 Å². The van der Waals surface area contributed by atoms with Crippen molar-refractivity contribution in [3.8, 4) is 0 Å². The van der Waals surface area contributed by atoms with Crippen LogP contribution in [-0.4, -0.2) is 39.4 Å². The van der Waals surface area contributed by atoms with Crippen molar-refractivity contribution in [2.24, 2.45) is 0 Å². The molecule has 0 saturated heterocycles. The topological polar surface area (TPSA) is 71.0 Å². The van der Waals surface area contributed by atoms with Gasteiger partial charge in [-0.25, -0.2) is 0 Å². The van der Waals surface area contributed by atoms with Gasteiger partial charge in [-0.2, -0.15) is 0 Å². The summed E-state index contributed by atoms with van der Waals surface area (Å²) < 4.78 is 0. The van der Waals surface area contributed by atoms with E-state index in [0.29, 0.717) is 18.8 Å². The number of rotatable bonds is 7. The monoisotopic (exact) mass is 347 g/mol. The number of aromatic nitrogens is 3. The molecule has 6 nitrogen and oxygen atoms in total. The Kier molecular flexibility index (Phi) is 5.88. The number of amides is 1. The van der Waals surface area contributed by atoms with Gasteiger partial charge in [0.05, 0.1) is 12.2 Å². The van der Waals surface area contributed by atoms with E-state index in [-0.39, 0.29) is 5.91 Å². The largest absolute Gasteiger partial charge is 0.379 e. The Hall–Kier alpha value is -3.28. The Bertz CT molecular complexity index is 839. The van der Waals surface area contributed by atoms with E-state index in [1.54, 1.807) is 42.8 Å². The highest BCUT2D eigenvalue weighted by Gasteiger charge is 2.13. The van der Waals surface area contributed by atoms with Gasteiger partial charge in [0.2, 0.25) is 0 Å². The lowest BCUT2D eigenvalue weighted by atomic mass is 10.2. The van der Waals surface area contributed by atoms with E-state index in [1.807, 2.05) is 36.4 Å². The van der Waals surface area contributed by atoms with Crippen LogP contribution in [0.3, 0.4) is 0 Å². The molecule has 0 spiro atoms. The van der Waals surface area contributed by atoms with Gasteiger partial charge in [0.1, 0.15) is 5.69 Å². The van der Waals surface area contributed by atoms with Gasteiger partial charge >= 0.3 is 0 Å². The van der Waals surface area contributed by atoms with Crippen molar-refractivity contribution >= 4 is 11.6 Å². The zero-order chi connectivity index (χ0) is 18.2. The normalized spacial score (nSPS) is 10.3. The molecule has 3 heterocycles. The molecule has 132 valence electrons. The average molecular weight is 347 g/mol. The van der Waals surface area contributed by atoms with Crippen LogP contribution in [0.15, 0.2) is 67.3 Å². The molecule has 6 heteroatoms. The fourth-order valence-electron chi connectivity index (χ4n) is 2.50. The molecule has 0 saturated carbocycles. The van der Waals surface area contributed by atoms with E-state index in [9.17, 15) is 4.79 Å². The molecule has 0 bridgehead atoms. The number of anilines is 1. The van der Waals surface area contributed by atoms with Crippen molar-refractivity contribution in [1.29, 1.82) is 0 Å². The number of pyridine rings is 3. The van der Waals surface area contributed by atoms with E-state index >= 15 is 0 Å². The van der Waals surface area contributed by atoms with Crippen LogP contribution >= 0.6 is 0 Å². The first-order chi connectivity index (χ1) is 12.7. The third-order valence-electron chi connectivity index (χ3n) is 4.01. The summed E-state index contributed by atoms with van der Waals surface area (Å²) in [5.41, 5.74) is 3.36. The van der Waals surface area contributed by atoms with Gasteiger partial charge in [0.15, 0.2) is 0 Å². The second kappa shape index (κ2) is 8.71. The predicted octanol–water partition coefficient (Wildman–Crippen LogP) is 2.80. The van der Waals surface area contributed by atoms with Crippen LogP contribution in [0.4, 0.5) is 5.69 Å². The van der Waals surface area contributed by atoms with Crippen LogP contribution in [0.1, 0.15) is 21.7 Å². The summed E-state index contributed by atoms with van der Waals surface area (Å²) in [4.78, 5) is 26.8. The highest BCUT2D eigenvalue weighted by molar-refractivity contribution is 5.92. The molecule has 3 aromatic heterocycles. The standard InChI is InChI=1S/C20H21N5O/c1-25(13-8-16-5-10-21-11-6-16)20(26)19-14-17(7-12-23-19)24-15-18-4-2-3-9-22-18/h2-7,9-12,14H,8,13,15H2,1H3,(H,23,24). The molecule has 3 rings (SSSR count). The molecular formula is C20H21N5O. The molecule has 0 radical (unpaired) electrons. The van der Waals surface area contributed by atoms with Crippen molar-refractivity contribution in [3.05, 3.63) is 84.2 Å². The number of nitrogens with zero attached hydrogens (tertiary/aromatic N) is 4. The molecule has 0 atom stereocenters. The minimum atomic E-state index is -0.0967. The number of carbonyl (C=O) groups excluding carboxylic acids is 1. The van der Waals surface area contributed by atoms with E-state index in [2.05, 4.69) is 20.3 Å². The Morgan fingerprint density at radius 1 is 1.04 bits per heavy atom. The van der Waals surface area contributed by atoms with Crippen molar-refractivity contribution < 1.29 is 4.79 Å². The molecule has 0 unspecified atom stereocenters. The minimum Gasteiger partial charge on any atom is -0.379 e. The summed E-state index contributed by atoms with van der Waals surface area (Å²) >= 11 is 0. The Morgan fingerprint density at radius 3 is 2.65 bits per heavy atom. The van der Waals surface area contributed by atoms with Crippen molar-refractivity contribution in [1.82, 2.24) is 19.9 Å². The van der Waals surface area contributed by atoms with Gasteiger partial charge in [-0.15, -0.1) is 0 Å². The lowest BCUT2D eigenvalue weighted by Gasteiger charge is -2.17. The number of likely N-dealkylation sites (N-methyl/N-ethyl adjacent to an activating group) is 1. The van der Waals surface area contributed by atoms with Crippen LogP contribution in [0, 0.1) is 0 Å². The highest BCUT2D eigenvalue weighted by atomic mass is 16.2. The summed E-state index contributed by atoms with van der Waals surface area (Å²) in [6.07, 6.45) is 7.70. The second-order valence-electron chi connectivity index (χ2n) is 5.94. The van der Waals surface area contributed by atoms with Crippen LogP contribution in [-0.2, 0) is 13.0 Å². The first-order valence-corrected chi connectivity index (χ1v) is 8.46. The van der Waals surface area contributed by atoms with Crippen LogP contribution in [0.25, 0.3) is 0 Å². The van der Waals surface area contributed by atoms with Gasteiger partial charge in [0.25, 0.3) is 5.91 Å². The maximum atomic E-state index is 12.6. The minimum absolute atomic E-state index is 0.0967. The third kappa shape index (κ3) is 4.86. The van der Waals surface area contributed by atoms with Crippen molar-refractivity contribution in [3.63, 3.8) is 0 Å². The first-order valence-electron chi connectivity index (χ1n) is 8.46. The van der Waals surface area contributed by atoms with E-state index in [0.717, 1.165) is 23.4 Å². The number of hydrogen-bond acceptors (Lipinski definition) is 5. The van der Waals surface area contributed by atoms with E-state index < -0.39 is 0 Å². The fourth-order valence-corrected chi connectivity index (χ4v) is 2.50. The lowest BCUT2D eigenvalue weighted by molar-refractivity contribution is 0.0791. The maximum absolute atomic E-state index is 12.6. The molecular weight excluding hydrogens is 326 g/mol. The van der Waals surface area contributed by atoms with E-state index in [1.165, 1.54) is 0 Å². The zero-order valence-corrected chi connectivity index (χ0v) is 14.7. The fraction of sp³-hybridized carbons (Fsp3) is 0.200. The van der Waals surface area contributed by atoms with Gasteiger partial charge in [-0.05, 0) is 48.4 Å². The second-order valence-corrected chi connectivity index (χ2v) is 5.94. The smallest absolute Gasteiger partial charge is 0.272 e. The summed E-state index contributed by atoms with van der Waals surface area (Å²) in [6.45, 7) is 1.21. The average Bonchev–Trinajstić information content (AvgIpc) is 2.71. The van der Waals surface area contributed by atoms with Crippen LogP contribution < -0.4 is 5.32 Å². The van der Waals surface area contributed by atoms with E-state index in [4.69, 9.17) is 0 Å². The Balaban J connectivity index is 1.58. The number of nitrogens with one attached hydrogen (secondary N) is 1.